The van der Waals surface area contributed by atoms with Crippen molar-refractivity contribution in [1.29, 1.82) is 0 Å². The van der Waals surface area contributed by atoms with Gasteiger partial charge in [-0.25, -0.2) is 0 Å². The number of benzene rings is 1. The summed E-state index contributed by atoms with van der Waals surface area (Å²) in [6.07, 6.45) is 7.36. The molecule has 2 aliphatic rings. The second-order valence-electron chi connectivity index (χ2n) is 7.04. The Hall–Kier alpha value is -2.04. The Morgan fingerprint density at radius 2 is 2.24 bits per heavy atom. The van der Waals surface area contributed by atoms with E-state index in [2.05, 4.69) is 39.3 Å². The molecule has 2 aliphatic heterocycles. The van der Waals surface area contributed by atoms with Crippen LogP contribution in [0.25, 0.3) is 10.9 Å². The number of hydrogen-bond donors (Lipinski definition) is 1. The Labute approximate surface area is 151 Å². The summed E-state index contributed by atoms with van der Waals surface area (Å²) >= 11 is 6.21. The van der Waals surface area contributed by atoms with E-state index in [1.165, 1.54) is 35.0 Å². The zero-order chi connectivity index (χ0) is 17.0. The Balaban J connectivity index is 1.49. The van der Waals surface area contributed by atoms with Gasteiger partial charge < -0.3 is 9.72 Å². The van der Waals surface area contributed by atoms with Gasteiger partial charge in [-0.05, 0) is 42.2 Å². The first-order chi connectivity index (χ1) is 12.2. The molecule has 25 heavy (non-hydrogen) atoms. The molecule has 5 heteroatoms. The van der Waals surface area contributed by atoms with Crippen LogP contribution in [0, 0.1) is 0 Å². The van der Waals surface area contributed by atoms with E-state index < -0.39 is 0 Å². The highest BCUT2D eigenvalue weighted by atomic mass is 35.5. The molecule has 2 bridgehead atoms. The zero-order valence-electron chi connectivity index (χ0n) is 14.1. The minimum absolute atomic E-state index is 0.433. The Morgan fingerprint density at radius 1 is 1.32 bits per heavy atom. The zero-order valence-corrected chi connectivity index (χ0v) is 14.9. The predicted molar refractivity (Wildman–Crippen MR) is 99.1 cm³/mol. The molecule has 0 saturated carbocycles. The van der Waals surface area contributed by atoms with Crippen LogP contribution in [0.2, 0.25) is 5.02 Å². The number of pyridine rings is 1. The summed E-state index contributed by atoms with van der Waals surface area (Å²) in [4.78, 5) is 10.6. The maximum absolute atomic E-state index is 6.21. The third kappa shape index (κ3) is 2.43. The first-order valence-corrected chi connectivity index (χ1v) is 9.15. The van der Waals surface area contributed by atoms with Crippen LogP contribution < -0.4 is 4.74 Å². The first kappa shape index (κ1) is 15.2. The number of nitrogens with zero attached hydrogens (tertiary/aromatic N) is 2. The molecule has 5 rings (SSSR count). The van der Waals surface area contributed by atoms with Crippen molar-refractivity contribution in [3.63, 3.8) is 0 Å². The lowest BCUT2D eigenvalue weighted by Gasteiger charge is -2.35. The maximum Gasteiger partial charge on any atom is 0.120 e. The van der Waals surface area contributed by atoms with E-state index in [-0.39, 0.29) is 0 Å². The van der Waals surface area contributed by atoms with Gasteiger partial charge in [0.1, 0.15) is 5.75 Å². The van der Waals surface area contributed by atoms with Crippen LogP contribution in [0.15, 0.2) is 36.7 Å². The van der Waals surface area contributed by atoms with E-state index in [0.717, 1.165) is 29.3 Å². The first-order valence-electron chi connectivity index (χ1n) is 8.77. The average molecular weight is 354 g/mol. The number of nitrogens with one attached hydrogen (secondary N) is 1. The molecule has 3 aromatic rings. The normalized spacial score (nSPS) is 22.3. The quantitative estimate of drug-likeness (QED) is 0.754. The number of fused-ring (bicyclic) bond motifs is 5. The molecule has 0 radical (unpaired) electrons. The van der Waals surface area contributed by atoms with Crippen molar-refractivity contribution in [2.24, 2.45) is 0 Å². The van der Waals surface area contributed by atoms with E-state index in [1.54, 1.807) is 13.3 Å². The maximum atomic E-state index is 6.21. The van der Waals surface area contributed by atoms with Crippen molar-refractivity contribution in [3.8, 4) is 5.75 Å². The molecule has 1 saturated heterocycles. The summed E-state index contributed by atoms with van der Waals surface area (Å²) in [6, 6.07) is 9.37. The predicted octanol–water partition coefficient (Wildman–Crippen LogP) is 4.49. The SMILES string of the molecule is COc1ccc2c(CN3C4CCC3c3cc(Cl)cnc3C4)c[nH]c2c1. The van der Waals surface area contributed by atoms with Crippen molar-refractivity contribution in [3.05, 3.63) is 58.5 Å². The van der Waals surface area contributed by atoms with Gasteiger partial charge in [0.05, 0.1) is 12.1 Å². The number of halogens is 1. The molecular formula is C20H20ClN3O. The van der Waals surface area contributed by atoms with Gasteiger partial charge in [0.15, 0.2) is 0 Å². The highest BCUT2D eigenvalue weighted by Crippen LogP contribution is 2.44. The second kappa shape index (κ2) is 5.75. The molecule has 1 fully saturated rings. The number of hydrogen-bond acceptors (Lipinski definition) is 3. The minimum atomic E-state index is 0.433. The molecule has 0 aliphatic carbocycles. The van der Waals surface area contributed by atoms with Crippen LogP contribution in [0.3, 0.4) is 0 Å². The van der Waals surface area contributed by atoms with E-state index >= 15 is 0 Å². The van der Waals surface area contributed by atoms with Gasteiger partial charge in [0.25, 0.3) is 0 Å². The highest BCUT2D eigenvalue weighted by Gasteiger charge is 2.40. The Morgan fingerprint density at radius 3 is 3.12 bits per heavy atom. The number of methoxy groups -OCH3 is 1. The van der Waals surface area contributed by atoms with Gasteiger partial charge in [-0.3, -0.25) is 9.88 Å². The smallest absolute Gasteiger partial charge is 0.120 e. The third-order valence-electron chi connectivity index (χ3n) is 5.73. The Bertz CT molecular complexity index is 951. The largest absolute Gasteiger partial charge is 0.497 e. The monoisotopic (exact) mass is 353 g/mol. The molecule has 2 atom stereocenters. The lowest BCUT2D eigenvalue weighted by molar-refractivity contribution is 0.167. The molecular weight excluding hydrogens is 334 g/mol. The van der Waals surface area contributed by atoms with Gasteiger partial charge >= 0.3 is 0 Å². The van der Waals surface area contributed by atoms with Crippen LogP contribution in [-0.4, -0.2) is 28.0 Å². The van der Waals surface area contributed by atoms with Crippen LogP contribution in [-0.2, 0) is 13.0 Å². The number of aromatic amines is 1. The average Bonchev–Trinajstić information content (AvgIpc) is 3.15. The molecule has 4 heterocycles. The van der Waals surface area contributed by atoms with Gasteiger partial charge in [-0.1, -0.05) is 11.6 Å². The van der Waals surface area contributed by atoms with Crippen molar-refractivity contribution in [2.45, 2.75) is 37.9 Å². The third-order valence-corrected chi connectivity index (χ3v) is 5.94. The Kier molecular flexibility index (Phi) is 3.50. The van der Waals surface area contributed by atoms with E-state index in [0.29, 0.717) is 12.1 Å². The lowest BCUT2D eigenvalue weighted by atomic mass is 9.97. The second-order valence-corrected chi connectivity index (χ2v) is 7.47. The number of aromatic nitrogens is 2. The topological polar surface area (TPSA) is 41.1 Å². The summed E-state index contributed by atoms with van der Waals surface area (Å²) < 4.78 is 5.33. The number of ether oxygens (including phenoxy) is 1. The summed E-state index contributed by atoms with van der Waals surface area (Å²) in [5.41, 5.74) is 5.02. The fourth-order valence-electron chi connectivity index (χ4n) is 4.51. The van der Waals surface area contributed by atoms with Crippen LogP contribution >= 0.6 is 11.6 Å². The van der Waals surface area contributed by atoms with Gasteiger partial charge in [-0.15, -0.1) is 0 Å². The fourth-order valence-corrected chi connectivity index (χ4v) is 4.68. The van der Waals surface area contributed by atoms with E-state index in [1.807, 2.05) is 6.07 Å². The summed E-state index contributed by atoms with van der Waals surface area (Å²) in [5.74, 6) is 0.883. The number of H-pyrrole nitrogens is 1. The van der Waals surface area contributed by atoms with Gasteiger partial charge in [-0.2, -0.15) is 0 Å². The van der Waals surface area contributed by atoms with E-state index in [4.69, 9.17) is 16.3 Å². The molecule has 0 spiro atoms. The van der Waals surface area contributed by atoms with Crippen molar-refractivity contribution in [2.75, 3.05) is 7.11 Å². The molecule has 2 unspecified atom stereocenters. The summed E-state index contributed by atoms with van der Waals surface area (Å²) in [5, 5.41) is 2.01. The molecule has 4 nitrogen and oxygen atoms in total. The van der Waals surface area contributed by atoms with Crippen molar-refractivity contribution >= 4 is 22.5 Å². The molecule has 128 valence electrons. The fraction of sp³-hybridized carbons (Fsp3) is 0.350. The molecule has 1 N–H and O–H groups in total. The summed E-state index contributed by atoms with van der Waals surface area (Å²) in [6.45, 7) is 0.952. The minimum Gasteiger partial charge on any atom is -0.497 e. The van der Waals surface area contributed by atoms with E-state index in [9.17, 15) is 0 Å². The van der Waals surface area contributed by atoms with Crippen LogP contribution in [0.4, 0.5) is 0 Å². The van der Waals surface area contributed by atoms with Crippen LogP contribution in [0.1, 0.15) is 35.7 Å². The molecule has 2 aromatic heterocycles. The lowest BCUT2D eigenvalue weighted by Crippen LogP contribution is -2.37. The van der Waals surface area contributed by atoms with Gasteiger partial charge in [0, 0.05) is 60.1 Å². The van der Waals surface area contributed by atoms with Crippen LogP contribution in [0.5, 0.6) is 5.75 Å². The van der Waals surface area contributed by atoms with Gasteiger partial charge in [0.2, 0.25) is 0 Å². The molecule has 1 aromatic carbocycles. The standard InChI is InChI=1S/C20H20ClN3O/c1-25-15-3-4-16-12(9-22-19(16)8-15)11-24-14-2-5-20(24)17-6-13(21)10-23-18(17)7-14/h3-4,6,8-10,14,20,22H,2,5,7,11H2,1H3. The summed E-state index contributed by atoms with van der Waals surface area (Å²) in [7, 11) is 1.70. The number of rotatable bonds is 3. The van der Waals surface area contributed by atoms with Crippen molar-refractivity contribution < 1.29 is 4.74 Å². The van der Waals surface area contributed by atoms with Crippen molar-refractivity contribution in [1.82, 2.24) is 14.9 Å². The highest BCUT2D eigenvalue weighted by molar-refractivity contribution is 6.30. The molecule has 0 amide bonds.